The first-order chi connectivity index (χ1) is 12.1. The van der Waals surface area contributed by atoms with Gasteiger partial charge in [-0.1, -0.05) is 0 Å². The molecule has 2 aromatic rings. The van der Waals surface area contributed by atoms with Crippen molar-refractivity contribution < 1.29 is 9.53 Å². The van der Waals surface area contributed by atoms with Crippen molar-refractivity contribution in [1.29, 1.82) is 0 Å². The number of hydrogen-bond acceptors (Lipinski definition) is 4. The van der Waals surface area contributed by atoms with Crippen LogP contribution in [0, 0.1) is 0 Å². The topological polar surface area (TPSA) is 68.5 Å². The van der Waals surface area contributed by atoms with Crippen LogP contribution in [0.15, 0.2) is 23.1 Å². The van der Waals surface area contributed by atoms with Crippen molar-refractivity contribution in [3.05, 3.63) is 34.4 Å². The number of pyridine rings is 1. The van der Waals surface area contributed by atoms with Gasteiger partial charge in [0.1, 0.15) is 5.69 Å². The quantitative estimate of drug-likeness (QED) is 0.786. The van der Waals surface area contributed by atoms with Gasteiger partial charge >= 0.3 is 0 Å². The van der Waals surface area contributed by atoms with Crippen LogP contribution in [0.1, 0.15) is 23.8 Å². The molecule has 0 unspecified atom stereocenters. The van der Waals surface area contributed by atoms with Gasteiger partial charge in [-0.15, -0.1) is 0 Å². The van der Waals surface area contributed by atoms with Crippen molar-refractivity contribution in [2.24, 2.45) is 7.05 Å². The van der Waals surface area contributed by atoms with E-state index in [9.17, 15) is 9.59 Å². The van der Waals surface area contributed by atoms with Crippen LogP contribution in [0.2, 0.25) is 0 Å². The molecule has 1 aliphatic heterocycles. The minimum atomic E-state index is -0.136. The van der Waals surface area contributed by atoms with Gasteiger partial charge in [0, 0.05) is 39.4 Å². The van der Waals surface area contributed by atoms with E-state index in [2.05, 4.69) is 10.2 Å². The lowest BCUT2D eigenvalue weighted by Gasteiger charge is -2.26. The van der Waals surface area contributed by atoms with Gasteiger partial charge in [-0.2, -0.15) is 0 Å². The molecule has 25 heavy (non-hydrogen) atoms. The van der Waals surface area contributed by atoms with E-state index >= 15 is 0 Å². The molecular weight excluding hydrogens is 320 g/mol. The van der Waals surface area contributed by atoms with E-state index < -0.39 is 0 Å². The Kier molecular flexibility index (Phi) is 5.55. The highest BCUT2D eigenvalue weighted by atomic mass is 16.5. The van der Waals surface area contributed by atoms with E-state index in [1.165, 1.54) is 0 Å². The summed E-state index contributed by atoms with van der Waals surface area (Å²) >= 11 is 0. The lowest BCUT2D eigenvalue weighted by Crippen LogP contribution is -2.38. The third-order valence-corrected chi connectivity index (χ3v) is 4.80. The van der Waals surface area contributed by atoms with Crippen LogP contribution in [0.3, 0.4) is 0 Å². The fourth-order valence-electron chi connectivity index (χ4n) is 3.26. The van der Waals surface area contributed by atoms with E-state index in [0.29, 0.717) is 24.2 Å². The van der Waals surface area contributed by atoms with Crippen LogP contribution >= 0.6 is 0 Å². The van der Waals surface area contributed by atoms with Gasteiger partial charge in [0.2, 0.25) is 0 Å². The normalized spacial score (nSPS) is 15.6. The Morgan fingerprint density at radius 2 is 2.08 bits per heavy atom. The third kappa shape index (κ3) is 3.77. The highest BCUT2D eigenvalue weighted by molar-refractivity contribution is 5.98. The van der Waals surface area contributed by atoms with E-state index in [1.54, 1.807) is 21.4 Å². The van der Waals surface area contributed by atoms with E-state index in [0.717, 1.165) is 44.8 Å². The first-order valence-electron chi connectivity index (χ1n) is 8.89. The Labute approximate surface area is 147 Å². The van der Waals surface area contributed by atoms with Crippen molar-refractivity contribution in [2.75, 3.05) is 39.4 Å². The summed E-state index contributed by atoms with van der Waals surface area (Å²) in [5.74, 6) is -0.136. The summed E-state index contributed by atoms with van der Waals surface area (Å²) in [4.78, 5) is 27.2. The van der Waals surface area contributed by atoms with Gasteiger partial charge in [0.15, 0.2) is 0 Å². The zero-order valence-corrected chi connectivity index (χ0v) is 15.0. The zero-order chi connectivity index (χ0) is 17.8. The lowest BCUT2D eigenvalue weighted by molar-refractivity contribution is 0.0374. The molecule has 1 fully saturated rings. The van der Waals surface area contributed by atoms with Crippen molar-refractivity contribution in [3.63, 3.8) is 0 Å². The summed E-state index contributed by atoms with van der Waals surface area (Å²) in [6, 6.07) is 3.58. The third-order valence-electron chi connectivity index (χ3n) is 4.80. The maximum Gasteiger partial charge on any atom is 0.267 e. The maximum atomic E-state index is 12.5. The summed E-state index contributed by atoms with van der Waals surface area (Å²) < 4.78 is 8.76. The van der Waals surface area contributed by atoms with Gasteiger partial charge in [0.25, 0.3) is 11.5 Å². The van der Waals surface area contributed by atoms with Crippen molar-refractivity contribution >= 4 is 16.8 Å². The highest BCUT2D eigenvalue weighted by Crippen LogP contribution is 2.15. The Hall–Kier alpha value is -2.12. The number of amides is 1. The minimum Gasteiger partial charge on any atom is -0.379 e. The standard InChI is InChI=1S/C18H26N4O3/c1-3-22-8-5-15-14(18(22)24)13-16(20(15)2)17(23)19-6-4-7-21-9-11-25-12-10-21/h5,8,13H,3-4,6-7,9-12H2,1-2H3,(H,19,23). The molecule has 0 radical (unpaired) electrons. The molecule has 7 heteroatoms. The predicted octanol–water partition coefficient (Wildman–Crippen LogP) is 0.812. The summed E-state index contributed by atoms with van der Waals surface area (Å²) in [5.41, 5.74) is 1.25. The molecule has 1 N–H and O–H groups in total. The van der Waals surface area contributed by atoms with Gasteiger partial charge < -0.3 is 19.2 Å². The average molecular weight is 346 g/mol. The zero-order valence-electron chi connectivity index (χ0n) is 15.0. The Morgan fingerprint density at radius 1 is 1.32 bits per heavy atom. The maximum absolute atomic E-state index is 12.5. The fraction of sp³-hybridized carbons (Fsp3) is 0.556. The van der Waals surface area contributed by atoms with Crippen LogP contribution in [-0.2, 0) is 18.3 Å². The fourth-order valence-corrected chi connectivity index (χ4v) is 3.26. The largest absolute Gasteiger partial charge is 0.379 e. The molecule has 3 rings (SSSR count). The number of carbonyl (C=O) groups is 1. The first-order valence-corrected chi connectivity index (χ1v) is 8.89. The molecule has 1 saturated heterocycles. The SMILES string of the molecule is CCn1ccc2c(cc(C(=O)NCCCN3CCOCC3)n2C)c1=O. The molecule has 0 aromatic carbocycles. The Morgan fingerprint density at radius 3 is 2.80 bits per heavy atom. The Balaban J connectivity index is 1.62. The highest BCUT2D eigenvalue weighted by Gasteiger charge is 2.16. The van der Waals surface area contributed by atoms with Gasteiger partial charge in [-0.25, -0.2) is 0 Å². The molecule has 1 amide bonds. The van der Waals surface area contributed by atoms with Gasteiger partial charge in [-0.05, 0) is 32.0 Å². The van der Waals surface area contributed by atoms with Crippen molar-refractivity contribution in [2.45, 2.75) is 19.9 Å². The number of carbonyl (C=O) groups excluding carboxylic acids is 1. The molecule has 0 saturated carbocycles. The molecule has 0 aliphatic carbocycles. The van der Waals surface area contributed by atoms with Gasteiger partial charge in [0.05, 0.1) is 24.1 Å². The molecule has 2 aromatic heterocycles. The first kappa shape index (κ1) is 17.7. The van der Waals surface area contributed by atoms with Crippen molar-refractivity contribution in [1.82, 2.24) is 19.4 Å². The molecule has 0 atom stereocenters. The van der Waals surface area contributed by atoms with Gasteiger partial charge in [-0.3, -0.25) is 14.5 Å². The number of hydrogen-bond donors (Lipinski definition) is 1. The monoisotopic (exact) mass is 346 g/mol. The summed E-state index contributed by atoms with van der Waals surface area (Å²) in [5, 5.41) is 3.55. The van der Waals surface area contributed by atoms with E-state index in [-0.39, 0.29) is 11.5 Å². The number of aryl methyl sites for hydroxylation is 2. The predicted molar refractivity (Wildman–Crippen MR) is 97.1 cm³/mol. The smallest absolute Gasteiger partial charge is 0.267 e. The lowest BCUT2D eigenvalue weighted by atomic mass is 10.3. The summed E-state index contributed by atoms with van der Waals surface area (Å²) in [6.07, 6.45) is 2.67. The molecule has 136 valence electrons. The summed E-state index contributed by atoms with van der Waals surface area (Å²) in [7, 11) is 1.82. The number of nitrogens with zero attached hydrogens (tertiary/aromatic N) is 3. The van der Waals surface area contributed by atoms with E-state index in [1.807, 2.05) is 20.0 Å². The van der Waals surface area contributed by atoms with Crippen molar-refractivity contribution in [3.8, 4) is 0 Å². The number of aromatic nitrogens is 2. The van der Waals surface area contributed by atoms with E-state index in [4.69, 9.17) is 4.74 Å². The van der Waals surface area contributed by atoms with Crippen LogP contribution < -0.4 is 10.9 Å². The number of fused-ring (bicyclic) bond motifs is 1. The molecule has 0 bridgehead atoms. The molecule has 0 spiro atoms. The van der Waals surface area contributed by atoms with Crippen LogP contribution in [-0.4, -0.2) is 59.3 Å². The second kappa shape index (κ2) is 7.84. The molecule has 7 nitrogen and oxygen atoms in total. The number of ether oxygens (including phenoxy) is 1. The summed E-state index contributed by atoms with van der Waals surface area (Å²) in [6.45, 7) is 7.62. The average Bonchev–Trinajstić information content (AvgIpc) is 2.98. The van der Waals surface area contributed by atoms with Crippen LogP contribution in [0.25, 0.3) is 10.9 Å². The molecule has 1 aliphatic rings. The minimum absolute atomic E-state index is 0.0537. The number of nitrogens with one attached hydrogen (secondary N) is 1. The Bertz CT molecular complexity index is 802. The van der Waals surface area contributed by atoms with Crippen LogP contribution in [0.4, 0.5) is 0 Å². The second-order valence-corrected chi connectivity index (χ2v) is 6.36. The number of rotatable bonds is 6. The molecular formula is C18H26N4O3. The molecule has 3 heterocycles. The second-order valence-electron chi connectivity index (χ2n) is 6.36. The van der Waals surface area contributed by atoms with Crippen LogP contribution in [0.5, 0.6) is 0 Å². The number of morpholine rings is 1.